The van der Waals surface area contributed by atoms with Gasteiger partial charge in [-0.2, -0.15) is 0 Å². The van der Waals surface area contributed by atoms with Gasteiger partial charge in [0.25, 0.3) is 5.56 Å². The summed E-state index contributed by atoms with van der Waals surface area (Å²) in [5, 5.41) is 30.4. The van der Waals surface area contributed by atoms with Crippen molar-refractivity contribution in [1.82, 2.24) is 9.55 Å². The van der Waals surface area contributed by atoms with Gasteiger partial charge in [0.05, 0.1) is 0 Å². The summed E-state index contributed by atoms with van der Waals surface area (Å²) in [4.78, 5) is 37.6. The number of Topliss-reactive ketones (excluding diaryl/α,β-unsaturated/α-hetero) is 1. The lowest BCUT2D eigenvalue weighted by molar-refractivity contribution is -0.144. The fourth-order valence-electron chi connectivity index (χ4n) is 2.58. The summed E-state index contributed by atoms with van der Waals surface area (Å²) in [7, 11) is 0. The molecule has 136 valence electrons. The van der Waals surface area contributed by atoms with E-state index in [1.165, 1.54) is 6.92 Å². The molecular formula is C16H20N2O7. The maximum atomic E-state index is 12.0. The number of hydrogen-bond donors (Lipinski definition) is 4. The zero-order valence-electron chi connectivity index (χ0n) is 14.0. The van der Waals surface area contributed by atoms with Gasteiger partial charge in [0.2, 0.25) is 0 Å². The standard InChI is InChI=1S/C16H20N2O7/c1-4-5-8-6-18(16(24)17-14(8)23)15-12(22)11(21)13(25-15)10(20)9(19)7(2)3/h6-7,10-13,15,20-22H,1-3H3,(H,17,23,24)/t10?,11-,12-,13+,15+/m0/s1. The Morgan fingerprint density at radius 1 is 1.32 bits per heavy atom. The molecule has 0 bridgehead atoms. The van der Waals surface area contributed by atoms with Crippen LogP contribution in [0.5, 0.6) is 0 Å². The molecule has 0 amide bonds. The molecule has 0 aliphatic carbocycles. The minimum Gasteiger partial charge on any atom is -0.387 e. The van der Waals surface area contributed by atoms with E-state index < -0.39 is 53.6 Å². The Hall–Kier alpha value is -2.25. The third-order valence-electron chi connectivity index (χ3n) is 3.95. The Morgan fingerprint density at radius 2 is 1.96 bits per heavy atom. The number of aliphatic hydroxyl groups is 3. The predicted molar refractivity (Wildman–Crippen MR) is 85.7 cm³/mol. The number of H-pyrrole nitrogens is 1. The molecular weight excluding hydrogens is 332 g/mol. The lowest BCUT2D eigenvalue weighted by atomic mass is 9.96. The Kier molecular flexibility index (Phi) is 5.59. The van der Waals surface area contributed by atoms with Gasteiger partial charge in [-0.15, -0.1) is 5.92 Å². The molecule has 1 aliphatic heterocycles. The second-order valence-corrected chi connectivity index (χ2v) is 6.06. The number of nitrogens with one attached hydrogen (secondary N) is 1. The topological polar surface area (TPSA) is 142 Å². The molecule has 1 aliphatic rings. The summed E-state index contributed by atoms with van der Waals surface area (Å²) in [6.07, 6.45) is -6.56. The summed E-state index contributed by atoms with van der Waals surface area (Å²) in [5.41, 5.74) is -1.61. The maximum Gasteiger partial charge on any atom is 0.330 e. The monoisotopic (exact) mass is 352 g/mol. The molecule has 1 aromatic rings. The van der Waals surface area contributed by atoms with E-state index in [4.69, 9.17) is 4.74 Å². The zero-order valence-corrected chi connectivity index (χ0v) is 14.0. The third-order valence-corrected chi connectivity index (χ3v) is 3.95. The Balaban J connectivity index is 2.40. The average Bonchev–Trinajstić information content (AvgIpc) is 2.84. The van der Waals surface area contributed by atoms with E-state index in [9.17, 15) is 29.7 Å². The van der Waals surface area contributed by atoms with E-state index in [0.29, 0.717) is 0 Å². The second-order valence-electron chi connectivity index (χ2n) is 6.06. The van der Waals surface area contributed by atoms with E-state index >= 15 is 0 Å². The number of aromatic nitrogens is 2. The number of hydrogen-bond acceptors (Lipinski definition) is 7. The normalized spacial score (nSPS) is 27.0. The molecule has 0 saturated carbocycles. The van der Waals surface area contributed by atoms with Crippen LogP contribution in [0.15, 0.2) is 15.8 Å². The highest BCUT2D eigenvalue weighted by atomic mass is 16.6. The summed E-state index contributed by atoms with van der Waals surface area (Å²) >= 11 is 0. The summed E-state index contributed by atoms with van der Waals surface area (Å²) in [6, 6.07) is 0. The number of ketones is 1. The van der Waals surface area contributed by atoms with Crippen molar-refractivity contribution in [3.63, 3.8) is 0 Å². The van der Waals surface area contributed by atoms with Crippen molar-refractivity contribution < 1.29 is 24.9 Å². The van der Waals surface area contributed by atoms with Crippen LogP contribution in [0.3, 0.4) is 0 Å². The van der Waals surface area contributed by atoms with Crippen LogP contribution in [-0.2, 0) is 9.53 Å². The molecule has 2 rings (SSSR count). The number of ether oxygens (including phenoxy) is 1. The van der Waals surface area contributed by atoms with Crippen LogP contribution in [0.4, 0.5) is 0 Å². The van der Waals surface area contributed by atoms with E-state index in [1.54, 1.807) is 13.8 Å². The third kappa shape index (κ3) is 3.57. The average molecular weight is 352 g/mol. The molecule has 5 atom stereocenters. The number of aromatic amines is 1. The molecule has 1 fully saturated rings. The van der Waals surface area contributed by atoms with Gasteiger partial charge in [-0.05, 0) is 6.92 Å². The molecule has 0 aromatic carbocycles. The van der Waals surface area contributed by atoms with Crippen molar-refractivity contribution in [2.24, 2.45) is 5.92 Å². The highest BCUT2D eigenvalue weighted by Gasteiger charge is 2.49. The van der Waals surface area contributed by atoms with Gasteiger partial charge < -0.3 is 20.1 Å². The molecule has 0 radical (unpaired) electrons. The van der Waals surface area contributed by atoms with Gasteiger partial charge >= 0.3 is 5.69 Å². The van der Waals surface area contributed by atoms with Gasteiger partial charge in [-0.25, -0.2) is 4.79 Å². The van der Waals surface area contributed by atoms with Crippen LogP contribution in [-0.4, -0.2) is 55.1 Å². The van der Waals surface area contributed by atoms with Gasteiger partial charge in [0.15, 0.2) is 12.0 Å². The summed E-state index contributed by atoms with van der Waals surface area (Å²) < 4.78 is 6.24. The minimum absolute atomic E-state index is 0.0327. The lowest BCUT2D eigenvalue weighted by Gasteiger charge is -2.21. The first-order valence-electron chi connectivity index (χ1n) is 7.70. The molecule has 0 spiro atoms. The van der Waals surface area contributed by atoms with Crippen molar-refractivity contribution in [1.29, 1.82) is 0 Å². The largest absolute Gasteiger partial charge is 0.387 e. The van der Waals surface area contributed by atoms with Crippen molar-refractivity contribution in [3.05, 3.63) is 32.6 Å². The highest BCUT2D eigenvalue weighted by molar-refractivity contribution is 5.85. The van der Waals surface area contributed by atoms with Crippen LogP contribution in [0.2, 0.25) is 0 Å². The molecule has 4 N–H and O–H groups in total. The quantitative estimate of drug-likeness (QED) is 0.464. The second kappa shape index (κ2) is 7.33. The summed E-state index contributed by atoms with van der Waals surface area (Å²) in [5.74, 6) is 3.94. The molecule has 9 nitrogen and oxygen atoms in total. The molecule has 2 heterocycles. The van der Waals surface area contributed by atoms with Crippen LogP contribution in [0.1, 0.15) is 32.6 Å². The van der Waals surface area contributed by atoms with Gasteiger partial charge in [0, 0.05) is 12.1 Å². The lowest BCUT2D eigenvalue weighted by Crippen LogP contribution is -2.44. The number of rotatable bonds is 4. The first-order valence-corrected chi connectivity index (χ1v) is 7.70. The number of nitrogens with zero attached hydrogens (tertiary/aromatic N) is 1. The molecule has 1 saturated heterocycles. The van der Waals surface area contributed by atoms with Crippen LogP contribution >= 0.6 is 0 Å². The van der Waals surface area contributed by atoms with E-state index in [2.05, 4.69) is 11.8 Å². The van der Waals surface area contributed by atoms with Gasteiger partial charge in [0.1, 0.15) is 30.0 Å². The van der Waals surface area contributed by atoms with E-state index in [-0.39, 0.29) is 5.56 Å². The van der Waals surface area contributed by atoms with Crippen molar-refractivity contribution >= 4 is 5.78 Å². The van der Waals surface area contributed by atoms with Gasteiger partial charge in [-0.3, -0.25) is 19.1 Å². The first kappa shape index (κ1) is 19.1. The molecule has 1 aromatic heterocycles. The maximum absolute atomic E-state index is 12.0. The molecule has 25 heavy (non-hydrogen) atoms. The van der Waals surface area contributed by atoms with Gasteiger partial charge in [-0.1, -0.05) is 19.8 Å². The predicted octanol–water partition coefficient (Wildman–Crippen LogP) is -1.89. The number of aliphatic hydroxyl groups excluding tert-OH is 3. The molecule has 9 heteroatoms. The van der Waals surface area contributed by atoms with Crippen LogP contribution < -0.4 is 11.2 Å². The van der Waals surface area contributed by atoms with Crippen molar-refractivity contribution in [2.45, 2.75) is 51.4 Å². The molecule has 1 unspecified atom stereocenters. The van der Waals surface area contributed by atoms with E-state index in [1.807, 2.05) is 4.98 Å². The zero-order chi connectivity index (χ0) is 18.9. The Bertz CT molecular complexity index is 829. The first-order chi connectivity index (χ1) is 11.7. The smallest absolute Gasteiger partial charge is 0.330 e. The van der Waals surface area contributed by atoms with E-state index in [0.717, 1.165) is 10.8 Å². The highest BCUT2D eigenvalue weighted by Crippen LogP contribution is 2.31. The Morgan fingerprint density at radius 3 is 2.52 bits per heavy atom. The van der Waals surface area contributed by atoms with Crippen LogP contribution in [0.25, 0.3) is 0 Å². The van der Waals surface area contributed by atoms with Crippen molar-refractivity contribution in [3.8, 4) is 11.8 Å². The minimum atomic E-state index is -1.66. The summed E-state index contributed by atoms with van der Waals surface area (Å²) in [6.45, 7) is 4.65. The number of carbonyl (C=O) groups is 1. The fraction of sp³-hybridized carbons (Fsp3) is 0.562. The van der Waals surface area contributed by atoms with Crippen molar-refractivity contribution in [2.75, 3.05) is 0 Å². The van der Waals surface area contributed by atoms with Crippen LogP contribution in [0, 0.1) is 17.8 Å². The fourth-order valence-corrected chi connectivity index (χ4v) is 2.58. The number of carbonyl (C=O) groups excluding carboxylic acids is 1. The Labute approximate surface area is 142 Å². The SMILES string of the molecule is CC#Cc1cn([C@@H]2O[C@H](C(O)C(=O)C(C)C)[C@@H](O)[C@@H]2O)c(=O)[nH]c1=O.